The lowest BCUT2D eigenvalue weighted by Crippen LogP contribution is -2.31. The normalized spacial score (nSPS) is 18.6. The number of amidine groups is 1. The van der Waals surface area contributed by atoms with Crippen molar-refractivity contribution in [3.8, 4) is 34.6 Å². The Kier molecular flexibility index (Phi) is 4.14. The highest BCUT2D eigenvalue weighted by Crippen LogP contribution is 2.51. The summed E-state index contributed by atoms with van der Waals surface area (Å²) in [6, 6.07) is 7.99. The van der Waals surface area contributed by atoms with Crippen molar-refractivity contribution in [1.82, 2.24) is 15.0 Å². The standard InChI is InChI=1S/C23H19N5O2/c1-14(2)3-4-15-7-19-21(27-9-15)30-20-6-5-16(17-10-25-13-26-11-17)8-18(20)23(19)12-29-22(24)28-23/h5-11,13-14H,12H2,1-2H3,(H2,24,28)/t23-/m0/s1. The molecule has 2 aromatic heterocycles. The van der Waals surface area contributed by atoms with E-state index in [0.717, 1.165) is 27.8 Å². The number of benzene rings is 1. The number of aromatic nitrogens is 3. The second-order valence-electron chi connectivity index (χ2n) is 7.54. The highest BCUT2D eigenvalue weighted by Gasteiger charge is 2.47. The van der Waals surface area contributed by atoms with Gasteiger partial charge in [0.2, 0.25) is 5.88 Å². The molecule has 148 valence electrons. The summed E-state index contributed by atoms with van der Waals surface area (Å²) in [5, 5.41) is 0. The molecule has 0 aliphatic carbocycles. The molecule has 1 aromatic carbocycles. The average molecular weight is 397 g/mol. The van der Waals surface area contributed by atoms with Crippen LogP contribution in [0.15, 0.2) is 54.2 Å². The highest BCUT2D eigenvalue weighted by molar-refractivity contribution is 5.77. The number of rotatable bonds is 1. The molecule has 3 aromatic rings. The minimum absolute atomic E-state index is 0.140. The number of nitrogens with zero attached hydrogens (tertiary/aromatic N) is 4. The first-order chi connectivity index (χ1) is 14.5. The Morgan fingerprint density at radius 2 is 1.90 bits per heavy atom. The van der Waals surface area contributed by atoms with Crippen molar-refractivity contribution in [3.05, 3.63) is 65.9 Å². The highest BCUT2D eigenvalue weighted by atomic mass is 16.5. The van der Waals surface area contributed by atoms with Gasteiger partial charge in [-0.25, -0.2) is 19.9 Å². The lowest BCUT2D eigenvalue weighted by atomic mass is 9.81. The van der Waals surface area contributed by atoms with Crippen LogP contribution in [0.2, 0.25) is 0 Å². The number of hydrogen-bond donors (Lipinski definition) is 1. The maximum absolute atomic E-state index is 6.11. The van der Waals surface area contributed by atoms with Crippen molar-refractivity contribution in [2.75, 3.05) is 6.61 Å². The summed E-state index contributed by atoms with van der Waals surface area (Å²) in [5.41, 5.74) is 9.39. The van der Waals surface area contributed by atoms with Gasteiger partial charge in [0.15, 0.2) is 5.54 Å². The van der Waals surface area contributed by atoms with Crippen LogP contribution in [0.4, 0.5) is 0 Å². The molecule has 30 heavy (non-hydrogen) atoms. The Morgan fingerprint density at radius 1 is 1.07 bits per heavy atom. The smallest absolute Gasteiger partial charge is 0.283 e. The van der Waals surface area contributed by atoms with Crippen molar-refractivity contribution >= 4 is 6.02 Å². The van der Waals surface area contributed by atoms with Gasteiger partial charge < -0.3 is 15.2 Å². The molecule has 4 heterocycles. The Labute approximate surface area is 174 Å². The number of fused-ring (bicyclic) bond motifs is 4. The second kappa shape index (κ2) is 6.85. The Hall–Kier alpha value is -3.92. The number of ether oxygens (including phenoxy) is 2. The monoisotopic (exact) mass is 397 g/mol. The SMILES string of the molecule is CC(C)C#Cc1cnc2c(c1)[C@]1(COC(N)=N1)c1cc(-c3cncnc3)ccc1O2. The van der Waals surface area contributed by atoms with Crippen LogP contribution in [-0.2, 0) is 10.3 Å². The van der Waals surface area contributed by atoms with E-state index >= 15 is 0 Å². The third-order valence-electron chi connectivity index (χ3n) is 5.06. The topological polar surface area (TPSA) is 95.5 Å². The van der Waals surface area contributed by atoms with Gasteiger partial charge in [-0.1, -0.05) is 31.8 Å². The summed E-state index contributed by atoms with van der Waals surface area (Å²) in [5.74, 6) is 7.74. The van der Waals surface area contributed by atoms with E-state index < -0.39 is 5.54 Å². The fourth-order valence-electron chi connectivity index (χ4n) is 3.65. The summed E-state index contributed by atoms with van der Waals surface area (Å²) in [7, 11) is 0. The maximum Gasteiger partial charge on any atom is 0.283 e. The van der Waals surface area contributed by atoms with E-state index in [1.165, 1.54) is 6.33 Å². The van der Waals surface area contributed by atoms with Crippen molar-refractivity contribution in [2.45, 2.75) is 19.4 Å². The molecule has 0 bridgehead atoms. The van der Waals surface area contributed by atoms with E-state index in [9.17, 15) is 0 Å². The van der Waals surface area contributed by atoms with Crippen LogP contribution in [0.1, 0.15) is 30.5 Å². The molecular weight excluding hydrogens is 378 g/mol. The minimum Gasteiger partial charge on any atom is -0.462 e. The first-order valence-electron chi connectivity index (χ1n) is 9.63. The number of nitrogens with two attached hydrogens (primary N) is 1. The molecule has 0 unspecified atom stereocenters. The quantitative estimate of drug-likeness (QED) is 0.634. The molecule has 0 amide bonds. The largest absolute Gasteiger partial charge is 0.462 e. The first-order valence-corrected chi connectivity index (χ1v) is 9.63. The van der Waals surface area contributed by atoms with Gasteiger partial charge in [-0.15, -0.1) is 0 Å². The zero-order chi connectivity index (χ0) is 20.7. The van der Waals surface area contributed by atoms with E-state index in [1.54, 1.807) is 18.6 Å². The number of hydrogen-bond acceptors (Lipinski definition) is 7. The minimum atomic E-state index is -0.846. The van der Waals surface area contributed by atoms with Crippen LogP contribution < -0.4 is 10.5 Å². The zero-order valence-electron chi connectivity index (χ0n) is 16.6. The van der Waals surface area contributed by atoms with Crippen molar-refractivity contribution in [1.29, 1.82) is 0 Å². The molecule has 1 atom stereocenters. The maximum atomic E-state index is 6.11. The van der Waals surface area contributed by atoms with Gasteiger partial charge >= 0.3 is 0 Å². The summed E-state index contributed by atoms with van der Waals surface area (Å²) >= 11 is 0. The van der Waals surface area contributed by atoms with Gasteiger partial charge in [-0.2, -0.15) is 0 Å². The predicted octanol–water partition coefficient (Wildman–Crippen LogP) is 3.24. The van der Waals surface area contributed by atoms with Gasteiger partial charge in [0, 0.05) is 41.2 Å². The molecular formula is C23H19N5O2. The zero-order valence-corrected chi connectivity index (χ0v) is 16.6. The summed E-state index contributed by atoms with van der Waals surface area (Å²) in [6.45, 7) is 4.36. The number of pyridine rings is 1. The third-order valence-corrected chi connectivity index (χ3v) is 5.06. The Balaban J connectivity index is 1.70. The average Bonchev–Trinajstić information content (AvgIpc) is 3.15. The second-order valence-corrected chi connectivity index (χ2v) is 7.54. The lowest BCUT2D eigenvalue weighted by molar-refractivity contribution is 0.262. The van der Waals surface area contributed by atoms with Crippen molar-refractivity contribution in [2.24, 2.45) is 16.6 Å². The van der Waals surface area contributed by atoms with E-state index in [4.69, 9.17) is 20.2 Å². The van der Waals surface area contributed by atoms with Gasteiger partial charge in [0.05, 0.1) is 5.56 Å². The lowest BCUT2D eigenvalue weighted by Gasteiger charge is -2.33. The molecule has 1 spiro atoms. The van der Waals surface area contributed by atoms with Crippen LogP contribution in [-0.4, -0.2) is 27.6 Å². The first kappa shape index (κ1) is 18.1. The van der Waals surface area contributed by atoms with Crippen molar-refractivity contribution < 1.29 is 9.47 Å². The van der Waals surface area contributed by atoms with Gasteiger partial charge in [0.1, 0.15) is 18.7 Å². The molecule has 0 saturated heterocycles. The van der Waals surface area contributed by atoms with Crippen LogP contribution in [0.25, 0.3) is 11.1 Å². The Morgan fingerprint density at radius 3 is 2.63 bits per heavy atom. The van der Waals surface area contributed by atoms with E-state index in [1.807, 2.05) is 38.1 Å². The van der Waals surface area contributed by atoms with E-state index in [-0.39, 0.29) is 18.5 Å². The van der Waals surface area contributed by atoms with Crippen LogP contribution in [0.3, 0.4) is 0 Å². The fourth-order valence-corrected chi connectivity index (χ4v) is 3.65. The predicted molar refractivity (Wildman–Crippen MR) is 112 cm³/mol. The summed E-state index contributed by atoms with van der Waals surface area (Å²) < 4.78 is 11.7. The molecule has 0 radical (unpaired) electrons. The Bertz CT molecular complexity index is 1230. The molecule has 2 aliphatic heterocycles. The molecule has 7 nitrogen and oxygen atoms in total. The van der Waals surface area contributed by atoms with Crippen LogP contribution in [0.5, 0.6) is 11.6 Å². The summed E-state index contributed by atoms with van der Waals surface area (Å²) in [6.07, 6.45) is 6.75. The third kappa shape index (κ3) is 2.94. The fraction of sp³-hybridized carbons (Fsp3) is 0.217. The number of aliphatic imine (C=N–C) groups is 1. The molecule has 0 saturated carbocycles. The molecule has 2 N–H and O–H groups in total. The van der Waals surface area contributed by atoms with E-state index in [2.05, 4.69) is 26.8 Å². The van der Waals surface area contributed by atoms with Gasteiger partial charge in [-0.3, -0.25) is 0 Å². The van der Waals surface area contributed by atoms with Gasteiger partial charge in [0.25, 0.3) is 6.02 Å². The van der Waals surface area contributed by atoms with Crippen molar-refractivity contribution in [3.63, 3.8) is 0 Å². The molecule has 7 heteroatoms. The molecule has 0 fully saturated rings. The van der Waals surface area contributed by atoms with Crippen LogP contribution >= 0.6 is 0 Å². The van der Waals surface area contributed by atoms with Gasteiger partial charge in [-0.05, 0) is 23.8 Å². The molecule has 2 aliphatic rings. The van der Waals surface area contributed by atoms with E-state index in [0.29, 0.717) is 11.6 Å². The summed E-state index contributed by atoms with van der Waals surface area (Å²) in [4.78, 5) is 17.4. The van der Waals surface area contributed by atoms with Crippen LogP contribution in [0, 0.1) is 17.8 Å². The molecule has 5 rings (SSSR count).